The quantitative estimate of drug-likeness (QED) is 0.526. The predicted molar refractivity (Wildman–Crippen MR) is 104 cm³/mol. The molecule has 4 rings (SSSR count). The molecule has 0 saturated carbocycles. The highest BCUT2D eigenvalue weighted by Crippen LogP contribution is 2.41. The second-order valence-corrected chi connectivity index (χ2v) is 9.41. The molecule has 3 aromatic rings. The summed E-state index contributed by atoms with van der Waals surface area (Å²) in [7, 11) is 0. The van der Waals surface area contributed by atoms with Gasteiger partial charge in [-0.2, -0.15) is 0 Å². The van der Waals surface area contributed by atoms with Gasteiger partial charge in [0.15, 0.2) is 11.6 Å². The average Bonchev–Trinajstić information content (AvgIpc) is 3.27. The first-order chi connectivity index (χ1) is 11.9. The lowest BCUT2D eigenvalue weighted by Crippen LogP contribution is -2.12. The second-order valence-electron chi connectivity index (χ2n) is 7.35. The number of carbonyl (C=O) groups excluding carboxylic acids is 2. The van der Waals surface area contributed by atoms with Crippen molar-refractivity contribution in [3.05, 3.63) is 69.4 Å². The maximum atomic E-state index is 13.0. The van der Waals surface area contributed by atoms with E-state index in [-0.39, 0.29) is 17.0 Å². The minimum Gasteiger partial charge on any atom is -0.293 e. The number of carbonyl (C=O) groups is 2. The Hall–Kier alpha value is -2.04. The molecule has 1 aliphatic carbocycles. The number of hydrogen-bond acceptors (Lipinski definition) is 4. The molecular formula is C21H18O2S2. The van der Waals surface area contributed by atoms with Crippen LogP contribution in [0.2, 0.25) is 0 Å². The SMILES string of the molecule is CC(C)(C)c1ccc2c(c1)C(=O)C(c1ccc(-c3cccs3)s1)C2=O. The van der Waals surface area contributed by atoms with Crippen LogP contribution >= 0.6 is 22.7 Å². The van der Waals surface area contributed by atoms with Crippen LogP contribution in [0.4, 0.5) is 0 Å². The van der Waals surface area contributed by atoms with Gasteiger partial charge in [0.25, 0.3) is 0 Å². The molecule has 1 aromatic carbocycles. The lowest BCUT2D eigenvalue weighted by Gasteiger charge is -2.19. The van der Waals surface area contributed by atoms with Crippen LogP contribution in [0.15, 0.2) is 47.8 Å². The van der Waals surface area contributed by atoms with E-state index in [2.05, 4.69) is 26.8 Å². The summed E-state index contributed by atoms with van der Waals surface area (Å²) in [6.07, 6.45) is 0. The van der Waals surface area contributed by atoms with E-state index in [0.717, 1.165) is 15.3 Å². The van der Waals surface area contributed by atoms with E-state index >= 15 is 0 Å². The maximum Gasteiger partial charge on any atom is 0.179 e. The van der Waals surface area contributed by atoms with E-state index in [4.69, 9.17) is 0 Å². The van der Waals surface area contributed by atoms with Crippen LogP contribution in [0.25, 0.3) is 9.75 Å². The topological polar surface area (TPSA) is 34.1 Å². The minimum absolute atomic E-state index is 0.0499. The fraction of sp³-hybridized carbons (Fsp3) is 0.238. The van der Waals surface area contributed by atoms with Crippen molar-refractivity contribution in [2.45, 2.75) is 32.1 Å². The maximum absolute atomic E-state index is 13.0. The summed E-state index contributed by atoms with van der Waals surface area (Å²) in [5.41, 5.74) is 2.17. The number of Topliss-reactive ketones (excluding diaryl/α,β-unsaturated/α-hetero) is 2. The van der Waals surface area contributed by atoms with Crippen LogP contribution in [0.1, 0.15) is 57.8 Å². The molecule has 0 N–H and O–H groups in total. The Balaban J connectivity index is 1.73. The van der Waals surface area contributed by atoms with E-state index < -0.39 is 5.92 Å². The summed E-state index contributed by atoms with van der Waals surface area (Å²) in [6, 6.07) is 13.7. The molecular weight excluding hydrogens is 348 g/mol. The molecule has 0 radical (unpaired) electrons. The summed E-state index contributed by atoms with van der Waals surface area (Å²) in [4.78, 5) is 28.9. The van der Waals surface area contributed by atoms with Crippen molar-refractivity contribution in [3.63, 3.8) is 0 Å². The number of hydrogen-bond donors (Lipinski definition) is 0. The number of benzene rings is 1. The van der Waals surface area contributed by atoms with E-state index in [9.17, 15) is 9.59 Å². The number of fused-ring (bicyclic) bond motifs is 1. The third kappa shape index (κ3) is 2.70. The first-order valence-electron chi connectivity index (χ1n) is 8.23. The lowest BCUT2D eigenvalue weighted by molar-refractivity contribution is 0.0892. The molecule has 0 aliphatic heterocycles. The molecule has 0 amide bonds. The van der Waals surface area contributed by atoms with Crippen molar-refractivity contribution in [2.24, 2.45) is 0 Å². The van der Waals surface area contributed by atoms with Crippen molar-refractivity contribution < 1.29 is 9.59 Å². The van der Waals surface area contributed by atoms with Gasteiger partial charge < -0.3 is 0 Å². The highest BCUT2D eigenvalue weighted by Gasteiger charge is 2.41. The van der Waals surface area contributed by atoms with Crippen molar-refractivity contribution in [2.75, 3.05) is 0 Å². The van der Waals surface area contributed by atoms with Crippen molar-refractivity contribution >= 4 is 34.2 Å². The summed E-state index contributed by atoms with van der Waals surface area (Å²) in [5, 5.41) is 2.03. The van der Waals surface area contributed by atoms with Gasteiger partial charge in [-0.05, 0) is 40.6 Å². The van der Waals surface area contributed by atoms with Crippen LogP contribution in [-0.4, -0.2) is 11.6 Å². The van der Waals surface area contributed by atoms with Gasteiger partial charge in [-0.15, -0.1) is 22.7 Å². The fourth-order valence-corrected chi connectivity index (χ4v) is 5.12. The molecule has 1 aliphatic rings. The Morgan fingerprint density at radius 3 is 2.32 bits per heavy atom. The standard InChI is InChI=1S/C21H18O2S2/c1-21(2,3)12-6-7-13-14(11-12)20(23)18(19(13)22)17-9-8-16(25-17)15-5-4-10-24-15/h4-11,18H,1-3H3. The number of thiophene rings is 2. The highest BCUT2D eigenvalue weighted by molar-refractivity contribution is 7.21. The molecule has 2 heterocycles. The first-order valence-corrected chi connectivity index (χ1v) is 9.92. The molecule has 0 spiro atoms. The Kier molecular flexibility index (Phi) is 3.78. The molecule has 126 valence electrons. The number of rotatable bonds is 2. The van der Waals surface area contributed by atoms with Crippen LogP contribution < -0.4 is 0 Å². The fourth-order valence-electron chi connectivity index (χ4n) is 3.18. The van der Waals surface area contributed by atoms with Gasteiger partial charge in [0, 0.05) is 25.8 Å². The van der Waals surface area contributed by atoms with Gasteiger partial charge in [-0.3, -0.25) is 9.59 Å². The van der Waals surface area contributed by atoms with E-state index in [1.807, 2.05) is 41.8 Å². The molecule has 0 bridgehead atoms. The Morgan fingerprint density at radius 2 is 1.64 bits per heavy atom. The zero-order valence-electron chi connectivity index (χ0n) is 14.3. The van der Waals surface area contributed by atoms with Gasteiger partial charge in [0.1, 0.15) is 5.92 Å². The van der Waals surface area contributed by atoms with Crippen LogP contribution in [0, 0.1) is 0 Å². The molecule has 4 heteroatoms. The minimum atomic E-state index is -0.677. The monoisotopic (exact) mass is 366 g/mol. The molecule has 2 nitrogen and oxygen atoms in total. The Bertz CT molecular complexity index is 972. The second kappa shape index (κ2) is 5.75. The zero-order valence-corrected chi connectivity index (χ0v) is 16.0. The summed E-state index contributed by atoms with van der Waals surface area (Å²) in [6.45, 7) is 6.33. The predicted octanol–water partition coefficient (Wildman–Crippen LogP) is 5.94. The van der Waals surface area contributed by atoms with Gasteiger partial charge in [0.05, 0.1) is 0 Å². The van der Waals surface area contributed by atoms with Crippen LogP contribution in [0.5, 0.6) is 0 Å². The van der Waals surface area contributed by atoms with Crippen molar-refractivity contribution in [3.8, 4) is 9.75 Å². The van der Waals surface area contributed by atoms with E-state index in [0.29, 0.717) is 11.1 Å². The Labute approximate surface area is 155 Å². The van der Waals surface area contributed by atoms with Crippen molar-refractivity contribution in [1.29, 1.82) is 0 Å². The van der Waals surface area contributed by atoms with Crippen molar-refractivity contribution in [1.82, 2.24) is 0 Å². The largest absolute Gasteiger partial charge is 0.293 e. The summed E-state index contributed by atoms with van der Waals surface area (Å²) in [5.74, 6) is -0.811. The van der Waals surface area contributed by atoms with Gasteiger partial charge in [-0.25, -0.2) is 0 Å². The van der Waals surface area contributed by atoms with E-state index in [1.165, 1.54) is 4.88 Å². The van der Waals surface area contributed by atoms with Gasteiger partial charge in [0.2, 0.25) is 0 Å². The molecule has 2 aromatic heterocycles. The van der Waals surface area contributed by atoms with Gasteiger partial charge >= 0.3 is 0 Å². The lowest BCUT2D eigenvalue weighted by atomic mass is 9.85. The molecule has 1 unspecified atom stereocenters. The third-order valence-electron chi connectivity index (χ3n) is 4.62. The molecule has 0 saturated heterocycles. The first kappa shape index (κ1) is 16.4. The normalized spacial score (nSPS) is 17.2. The van der Waals surface area contributed by atoms with Gasteiger partial charge in [-0.1, -0.05) is 39.0 Å². The Morgan fingerprint density at radius 1 is 0.880 bits per heavy atom. The molecule has 1 atom stereocenters. The highest BCUT2D eigenvalue weighted by atomic mass is 32.1. The van der Waals surface area contributed by atoms with Crippen LogP contribution in [0.3, 0.4) is 0 Å². The smallest absolute Gasteiger partial charge is 0.179 e. The van der Waals surface area contributed by atoms with Crippen LogP contribution in [-0.2, 0) is 5.41 Å². The number of ketones is 2. The summed E-state index contributed by atoms with van der Waals surface area (Å²) >= 11 is 3.21. The molecule has 25 heavy (non-hydrogen) atoms. The third-order valence-corrected chi connectivity index (χ3v) is 6.83. The summed E-state index contributed by atoms with van der Waals surface area (Å²) < 4.78 is 0. The van der Waals surface area contributed by atoms with E-state index in [1.54, 1.807) is 22.7 Å². The average molecular weight is 367 g/mol. The zero-order chi connectivity index (χ0) is 17.8. The molecule has 0 fully saturated rings.